The number of nitrogens with one attached hydrogen (secondary N) is 1. The van der Waals surface area contributed by atoms with Gasteiger partial charge in [-0.3, -0.25) is 0 Å². The summed E-state index contributed by atoms with van der Waals surface area (Å²) in [7, 11) is 1.83. The van der Waals surface area contributed by atoms with Crippen molar-refractivity contribution < 1.29 is 9.53 Å². The zero-order valence-corrected chi connectivity index (χ0v) is 14.3. The summed E-state index contributed by atoms with van der Waals surface area (Å²) in [5, 5.41) is 2.97. The molecule has 0 unspecified atom stereocenters. The van der Waals surface area contributed by atoms with Crippen LogP contribution in [-0.2, 0) is 4.74 Å². The average Bonchev–Trinajstić information content (AvgIpc) is 3.01. The minimum absolute atomic E-state index is 0.00386. The van der Waals surface area contributed by atoms with Gasteiger partial charge in [-0.15, -0.1) is 11.8 Å². The minimum atomic E-state index is -0.00386. The summed E-state index contributed by atoms with van der Waals surface area (Å²) in [6.07, 6.45) is 3.35. The number of urea groups is 1. The van der Waals surface area contributed by atoms with Gasteiger partial charge in [0.05, 0.1) is 6.10 Å². The molecule has 0 spiro atoms. The van der Waals surface area contributed by atoms with Gasteiger partial charge >= 0.3 is 6.03 Å². The van der Waals surface area contributed by atoms with Gasteiger partial charge in [-0.1, -0.05) is 17.7 Å². The zero-order valence-electron chi connectivity index (χ0n) is 13.5. The molecule has 22 heavy (non-hydrogen) atoms. The van der Waals surface area contributed by atoms with Gasteiger partial charge in [0.1, 0.15) is 0 Å². The number of rotatable bonds is 7. The van der Waals surface area contributed by atoms with E-state index in [9.17, 15) is 4.79 Å². The molecule has 1 fully saturated rings. The van der Waals surface area contributed by atoms with Crippen LogP contribution in [-0.4, -0.2) is 49.5 Å². The Morgan fingerprint density at radius 1 is 1.41 bits per heavy atom. The monoisotopic (exact) mass is 322 g/mol. The van der Waals surface area contributed by atoms with Crippen LogP contribution in [0.4, 0.5) is 4.79 Å². The van der Waals surface area contributed by atoms with Crippen LogP contribution in [0.15, 0.2) is 29.2 Å². The number of aryl methyl sites for hydroxylation is 1. The van der Waals surface area contributed by atoms with Crippen LogP contribution in [0.1, 0.15) is 24.8 Å². The fourth-order valence-electron chi connectivity index (χ4n) is 2.40. The molecule has 0 saturated carbocycles. The van der Waals surface area contributed by atoms with Crippen molar-refractivity contribution in [2.45, 2.75) is 37.2 Å². The third-order valence-corrected chi connectivity index (χ3v) is 4.83. The number of hydrogen-bond donors (Lipinski definition) is 1. The van der Waals surface area contributed by atoms with E-state index in [0.717, 1.165) is 31.6 Å². The van der Waals surface area contributed by atoms with Gasteiger partial charge in [-0.25, -0.2) is 4.79 Å². The number of thioether (sulfide) groups is 1. The first-order valence-corrected chi connectivity index (χ1v) is 8.94. The highest BCUT2D eigenvalue weighted by molar-refractivity contribution is 7.99. The van der Waals surface area contributed by atoms with E-state index < -0.39 is 0 Å². The van der Waals surface area contributed by atoms with E-state index in [0.29, 0.717) is 13.1 Å². The van der Waals surface area contributed by atoms with Crippen LogP contribution in [0.3, 0.4) is 0 Å². The largest absolute Gasteiger partial charge is 0.376 e. The first kappa shape index (κ1) is 17.2. The molecule has 0 aliphatic carbocycles. The smallest absolute Gasteiger partial charge is 0.317 e. The summed E-state index contributed by atoms with van der Waals surface area (Å²) in [4.78, 5) is 15.0. The van der Waals surface area contributed by atoms with Gasteiger partial charge in [-0.05, 0) is 44.1 Å². The van der Waals surface area contributed by atoms with E-state index in [-0.39, 0.29) is 12.1 Å². The molecule has 0 aromatic heterocycles. The Morgan fingerprint density at radius 3 is 2.86 bits per heavy atom. The molecule has 1 atom stereocenters. The molecule has 2 rings (SSSR count). The van der Waals surface area contributed by atoms with Crippen molar-refractivity contribution >= 4 is 17.8 Å². The molecule has 0 radical (unpaired) electrons. The third-order valence-electron chi connectivity index (χ3n) is 3.74. The van der Waals surface area contributed by atoms with E-state index in [2.05, 4.69) is 36.5 Å². The van der Waals surface area contributed by atoms with Crippen LogP contribution >= 0.6 is 11.8 Å². The Morgan fingerprint density at radius 2 is 2.18 bits per heavy atom. The molecule has 1 aromatic carbocycles. The average molecular weight is 322 g/mol. The van der Waals surface area contributed by atoms with Crippen molar-refractivity contribution in [3.05, 3.63) is 29.8 Å². The van der Waals surface area contributed by atoms with Crippen molar-refractivity contribution in [2.24, 2.45) is 0 Å². The van der Waals surface area contributed by atoms with Gasteiger partial charge in [0, 0.05) is 31.6 Å². The predicted molar refractivity (Wildman–Crippen MR) is 91.5 cm³/mol. The number of nitrogens with zero attached hydrogens (tertiary/aromatic N) is 1. The SMILES string of the molecule is Cc1ccc(SCCCNC(=O)N(C)C[C@H]2CCCO2)cc1. The highest BCUT2D eigenvalue weighted by atomic mass is 32.2. The number of amides is 2. The molecule has 122 valence electrons. The molecular formula is C17H26N2O2S. The van der Waals surface area contributed by atoms with Crippen molar-refractivity contribution in [3.63, 3.8) is 0 Å². The second-order valence-corrected chi connectivity index (χ2v) is 6.93. The maximum atomic E-state index is 12.0. The number of likely N-dealkylation sites (N-methyl/N-ethyl adjacent to an activating group) is 1. The van der Waals surface area contributed by atoms with E-state index in [1.54, 1.807) is 4.90 Å². The molecule has 0 bridgehead atoms. The van der Waals surface area contributed by atoms with Crippen LogP contribution in [0.5, 0.6) is 0 Å². The fraction of sp³-hybridized carbons (Fsp3) is 0.588. The first-order valence-electron chi connectivity index (χ1n) is 7.95. The quantitative estimate of drug-likeness (QED) is 0.618. The molecule has 5 heteroatoms. The minimum Gasteiger partial charge on any atom is -0.376 e. The Balaban J connectivity index is 1.55. The van der Waals surface area contributed by atoms with Crippen LogP contribution in [0, 0.1) is 6.92 Å². The number of carbonyl (C=O) groups is 1. The fourth-order valence-corrected chi connectivity index (χ4v) is 3.26. The lowest BCUT2D eigenvalue weighted by molar-refractivity contribution is 0.0875. The van der Waals surface area contributed by atoms with Gasteiger partial charge in [0.2, 0.25) is 0 Å². The first-order chi connectivity index (χ1) is 10.6. The lowest BCUT2D eigenvalue weighted by atomic mass is 10.2. The van der Waals surface area contributed by atoms with Crippen molar-refractivity contribution in [1.82, 2.24) is 10.2 Å². The molecule has 1 aliphatic heterocycles. The highest BCUT2D eigenvalue weighted by Crippen LogP contribution is 2.18. The van der Waals surface area contributed by atoms with Gasteiger partial charge < -0.3 is 15.0 Å². The predicted octanol–water partition coefficient (Wildman–Crippen LogP) is 3.30. The van der Waals surface area contributed by atoms with E-state index in [4.69, 9.17) is 4.74 Å². The standard InChI is InChI=1S/C17H26N2O2S/c1-14-6-8-16(9-7-14)22-12-4-10-18-17(20)19(2)13-15-5-3-11-21-15/h6-9,15H,3-5,10-13H2,1-2H3,(H,18,20)/t15-/m1/s1. The van der Waals surface area contributed by atoms with E-state index >= 15 is 0 Å². The lowest BCUT2D eigenvalue weighted by Gasteiger charge is -2.21. The van der Waals surface area contributed by atoms with Gasteiger partial charge in [0.15, 0.2) is 0 Å². The molecule has 4 nitrogen and oxygen atoms in total. The summed E-state index contributed by atoms with van der Waals surface area (Å²) in [5.74, 6) is 1.01. The highest BCUT2D eigenvalue weighted by Gasteiger charge is 2.19. The number of hydrogen-bond acceptors (Lipinski definition) is 3. The van der Waals surface area contributed by atoms with Crippen molar-refractivity contribution in [1.29, 1.82) is 0 Å². The Kier molecular flexibility index (Phi) is 7.06. The molecule has 1 aliphatic rings. The summed E-state index contributed by atoms with van der Waals surface area (Å²) >= 11 is 1.83. The summed E-state index contributed by atoms with van der Waals surface area (Å²) in [6.45, 7) is 4.32. The van der Waals surface area contributed by atoms with Crippen LogP contribution < -0.4 is 5.32 Å². The Labute approximate surface area is 137 Å². The second kappa shape index (κ2) is 9.06. The van der Waals surface area contributed by atoms with Crippen LogP contribution in [0.25, 0.3) is 0 Å². The molecule has 1 N–H and O–H groups in total. The summed E-state index contributed by atoms with van der Waals surface area (Å²) in [5.41, 5.74) is 1.28. The van der Waals surface area contributed by atoms with E-state index in [1.165, 1.54) is 10.5 Å². The topological polar surface area (TPSA) is 41.6 Å². The van der Waals surface area contributed by atoms with Crippen LogP contribution in [0.2, 0.25) is 0 Å². The number of ether oxygens (including phenoxy) is 1. The lowest BCUT2D eigenvalue weighted by Crippen LogP contribution is -2.41. The van der Waals surface area contributed by atoms with Gasteiger partial charge in [0.25, 0.3) is 0 Å². The Bertz CT molecular complexity index is 458. The number of benzene rings is 1. The third kappa shape index (κ3) is 5.89. The van der Waals surface area contributed by atoms with Crippen molar-refractivity contribution in [3.8, 4) is 0 Å². The molecule has 1 aromatic rings. The molecule has 1 saturated heterocycles. The normalized spacial score (nSPS) is 17.5. The van der Waals surface area contributed by atoms with Crippen molar-refractivity contribution in [2.75, 3.05) is 32.5 Å². The summed E-state index contributed by atoms with van der Waals surface area (Å²) in [6, 6.07) is 8.55. The summed E-state index contributed by atoms with van der Waals surface area (Å²) < 4.78 is 5.55. The second-order valence-electron chi connectivity index (χ2n) is 5.76. The number of carbonyl (C=O) groups excluding carboxylic acids is 1. The molecular weight excluding hydrogens is 296 g/mol. The Hall–Kier alpha value is -1.20. The maximum absolute atomic E-state index is 12.0. The molecule has 1 heterocycles. The van der Waals surface area contributed by atoms with E-state index in [1.807, 2.05) is 18.8 Å². The van der Waals surface area contributed by atoms with Gasteiger partial charge in [-0.2, -0.15) is 0 Å². The molecule has 2 amide bonds. The zero-order chi connectivity index (χ0) is 15.8. The maximum Gasteiger partial charge on any atom is 0.317 e.